The van der Waals surface area contributed by atoms with E-state index in [1.807, 2.05) is 6.92 Å². The van der Waals surface area contributed by atoms with Gasteiger partial charge in [0.2, 0.25) is 5.82 Å². The van der Waals surface area contributed by atoms with Crippen molar-refractivity contribution in [3.8, 4) is 0 Å². The Morgan fingerprint density at radius 1 is 1.40 bits per heavy atom. The van der Waals surface area contributed by atoms with Crippen LogP contribution in [0.5, 0.6) is 0 Å². The lowest BCUT2D eigenvalue weighted by Crippen LogP contribution is -2.38. The largest absolute Gasteiger partial charge is 0.336 e. The molecule has 0 N–H and O–H groups in total. The molecule has 0 radical (unpaired) electrons. The van der Waals surface area contributed by atoms with Crippen LogP contribution in [0.4, 0.5) is 10.1 Å². The summed E-state index contributed by atoms with van der Waals surface area (Å²) < 4.78 is 13.6. The number of carbonyl (C=O) groups excluding carboxylic acids is 1. The van der Waals surface area contributed by atoms with Gasteiger partial charge >= 0.3 is 5.69 Å². The number of nitro benzene ring substituents is 1. The van der Waals surface area contributed by atoms with Crippen molar-refractivity contribution in [2.75, 3.05) is 6.54 Å². The summed E-state index contributed by atoms with van der Waals surface area (Å²) in [5, 5.41) is 10.6. The molecular weight excluding hydrogens is 263 g/mol. The van der Waals surface area contributed by atoms with Crippen molar-refractivity contribution >= 4 is 11.6 Å². The van der Waals surface area contributed by atoms with E-state index in [9.17, 15) is 19.3 Å². The molecule has 2 rings (SSSR count). The van der Waals surface area contributed by atoms with Crippen molar-refractivity contribution in [1.82, 2.24) is 4.90 Å². The van der Waals surface area contributed by atoms with Crippen LogP contribution >= 0.6 is 0 Å². The highest BCUT2D eigenvalue weighted by Gasteiger charge is 2.25. The van der Waals surface area contributed by atoms with E-state index >= 15 is 0 Å². The third-order valence-corrected chi connectivity index (χ3v) is 3.71. The molecule has 1 aromatic rings. The Balaban J connectivity index is 2.24. The Kier molecular flexibility index (Phi) is 4.32. The van der Waals surface area contributed by atoms with Gasteiger partial charge in [-0.3, -0.25) is 14.9 Å². The minimum absolute atomic E-state index is 0.114. The predicted octanol–water partition coefficient (Wildman–Crippen LogP) is 3.14. The molecule has 0 aromatic heterocycles. The highest BCUT2D eigenvalue weighted by atomic mass is 19.1. The third kappa shape index (κ3) is 2.95. The maximum atomic E-state index is 13.6. The first-order valence-electron chi connectivity index (χ1n) is 6.75. The summed E-state index contributed by atoms with van der Waals surface area (Å²) in [5.41, 5.74) is -0.438. The SMILES string of the molecule is CC1CCCCCN1C(=O)c1ccc([N+](=O)[O-])c(F)c1. The zero-order chi connectivity index (χ0) is 14.7. The molecule has 1 aromatic carbocycles. The van der Waals surface area contributed by atoms with E-state index in [4.69, 9.17) is 0 Å². The Bertz CT molecular complexity index is 533. The second-order valence-electron chi connectivity index (χ2n) is 5.12. The monoisotopic (exact) mass is 280 g/mol. The smallest absolute Gasteiger partial charge is 0.304 e. The molecule has 20 heavy (non-hydrogen) atoms. The summed E-state index contributed by atoms with van der Waals surface area (Å²) in [6.45, 7) is 2.63. The summed E-state index contributed by atoms with van der Waals surface area (Å²) in [4.78, 5) is 23.9. The third-order valence-electron chi connectivity index (χ3n) is 3.71. The molecule has 0 spiro atoms. The van der Waals surface area contributed by atoms with Crippen LogP contribution in [0.2, 0.25) is 0 Å². The molecule has 1 saturated heterocycles. The van der Waals surface area contributed by atoms with Crippen molar-refractivity contribution < 1.29 is 14.1 Å². The summed E-state index contributed by atoms with van der Waals surface area (Å²) >= 11 is 0. The van der Waals surface area contributed by atoms with E-state index in [0.717, 1.165) is 37.8 Å². The van der Waals surface area contributed by atoms with E-state index in [2.05, 4.69) is 0 Å². The summed E-state index contributed by atoms with van der Waals surface area (Å²) in [7, 11) is 0. The molecule has 0 bridgehead atoms. The van der Waals surface area contributed by atoms with Crippen LogP contribution in [0.15, 0.2) is 18.2 Å². The molecule has 108 valence electrons. The Hall–Kier alpha value is -1.98. The normalized spacial score (nSPS) is 19.5. The fraction of sp³-hybridized carbons (Fsp3) is 0.500. The second-order valence-corrected chi connectivity index (χ2v) is 5.12. The molecular formula is C14H17FN2O3. The van der Waals surface area contributed by atoms with E-state index in [0.29, 0.717) is 6.54 Å². The van der Waals surface area contributed by atoms with Gasteiger partial charge in [0.05, 0.1) is 4.92 Å². The summed E-state index contributed by atoms with van der Waals surface area (Å²) in [5.74, 6) is -1.23. The Morgan fingerprint density at radius 2 is 2.15 bits per heavy atom. The number of nitrogens with zero attached hydrogens (tertiary/aromatic N) is 2. The van der Waals surface area contributed by atoms with Crippen LogP contribution in [0, 0.1) is 15.9 Å². The highest BCUT2D eigenvalue weighted by molar-refractivity contribution is 5.94. The molecule has 1 aliphatic rings. The van der Waals surface area contributed by atoms with Crippen LogP contribution in [0.3, 0.4) is 0 Å². The number of likely N-dealkylation sites (tertiary alicyclic amines) is 1. The fourth-order valence-electron chi connectivity index (χ4n) is 2.53. The van der Waals surface area contributed by atoms with Crippen molar-refractivity contribution in [1.29, 1.82) is 0 Å². The minimum atomic E-state index is -0.969. The molecule has 0 saturated carbocycles. The van der Waals surface area contributed by atoms with Crippen molar-refractivity contribution in [2.24, 2.45) is 0 Å². The molecule has 6 heteroatoms. The lowest BCUT2D eigenvalue weighted by Gasteiger charge is -2.27. The molecule has 1 atom stereocenters. The first-order chi connectivity index (χ1) is 9.50. The van der Waals surface area contributed by atoms with Crippen LogP contribution in [-0.4, -0.2) is 28.3 Å². The average molecular weight is 280 g/mol. The van der Waals surface area contributed by atoms with Crippen molar-refractivity contribution in [3.63, 3.8) is 0 Å². The molecule has 1 fully saturated rings. The van der Waals surface area contributed by atoms with Crippen molar-refractivity contribution in [3.05, 3.63) is 39.7 Å². The number of benzene rings is 1. The number of nitro groups is 1. The van der Waals surface area contributed by atoms with Gasteiger partial charge in [-0.2, -0.15) is 4.39 Å². The fourth-order valence-corrected chi connectivity index (χ4v) is 2.53. The molecule has 0 aliphatic carbocycles. The van der Waals surface area contributed by atoms with E-state index < -0.39 is 16.4 Å². The van der Waals surface area contributed by atoms with Crippen LogP contribution in [-0.2, 0) is 0 Å². The lowest BCUT2D eigenvalue weighted by atomic mass is 10.1. The van der Waals surface area contributed by atoms with Crippen LogP contribution in [0.25, 0.3) is 0 Å². The number of carbonyl (C=O) groups is 1. The van der Waals surface area contributed by atoms with Gasteiger partial charge in [-0.05, 0) is 31.9 Å². The number of amides is 1. The Morgan fingerprint density at radius 3 is 2.80 bits per heavy atom. The average Bonchev–Trinajstić information content (AvgIpc) is 2.62. The van der Waals surface area contributed by atoms with E-state index in [-0.39, 0.29) is 17.5 Å². The van der Waals surface area contributed by atoms with E-state index in [1.165, 1.54) is 6.07 Å². The zero-order valence-corrected chi connectivity index (χ0v) is 11.3. The van der Waals surface area contributed by atoms with Gasteiger partial charge in [0.15, 0.2) is 0 Å². The minimum Gasteiger partial charge on any atom is -0.336 e. The second kappa shape index (κ2) is 5.98. The van der Waals surface area contributed by atoms with Gasteiger partial charge in [-0.25, -0.2) is 0 Å². The quantitative estimate of drug-likeness (QED) is 0.617. The summed E-state index contributed by atoms with van der Waals surface area (Å²) in [6.07, 6.45) is 4.04. The first-order valence-corrected chi connectivity index (χ1v) is 6.75. The first kappa shape index (κ1) is 14.4. The Labute approximate surface area is 116 Å². The van der Waals surface area contributed by atoms with Gasteiger partial charge in [0.1, 0.15) is 0 Å². The maximum Gasteiger partial charge on any atom is 0.304 e. The van der Waals surface area contributed by atoms with Gasteiger partial charge in [0, 0.05) is 24.2 Å². The summed E-state index contributed by atoms with van der Waals surface area (Å²) in [6, 6.07) is 3.44. The van der Waals surface area contributed by atoms with Gasteiger partial charge in [-0.1, -0.05) is 12.8 Å². The molecule has 1 unspecified atom stereocenters. The number of rotatable bonds is 2. The molecule has 1 heterocycles. The van der Waals surface area contributed by atoms with Crippen LogP contribution in [0.1, 0.15) is 43.0 Å². The predicted molar refractivity (Wildman–Crippen MR) is 72.0 cm³/mol. The zero-order valence-electron chi connectivity index (χ0n) is 11.3. The molecule has 5 nitrogen and oxygen atoms in total. The van der Waals surface area contributed by atoms with Gasteiger partial charge in [-0.15, -0.1) is 0 Å². The number of hydrogen-bond donors (Lipinski definition) is 0. The highest BCUT2D eigenvalue weighted by Crippen LogP contribution is 2.22. The van der Waals surface area contributed by atoms with Crippen LogP contribution < -0.4 is 0 Å². The standard InChI is InChI=1S/C14H17FN2O3/c1-10-5-3-2-4-8-16(10)14(18)11-6-7-13(17(19)20)12(15)9-11/h6-7,9-10H,2-5,8H2,1H3. The topological polar surface area (TPSA) is 63.5 Å². The molecule has 1 amide bonds. The molecule has 1 aliphatic heterocycles. The van der Waals surface area contributed by atoms with Crippen molar-refractivity contribution in [2.45, 2.75) is 38.6 Å². The van der Waals surface area contributed by atoms with E-state index in [1.54, 1.807) is 4.90 Å². The van der Waals surface area contributed by atoms with Gasteiger partial charge < -0.3 is 4.90 Å². The maximum absolute atomic E-state index is 13.6. The number of hydrogen-bond acceptors (Lipinski definition) is 3. The lowest BCUT2D eigenvalue weighted by molar-refractivity contribution is -0.387. The number of halogens is 1. The van der Waals surface area contributed by atoms with Gasteiger partial charge in [0.25, 0.3) is 5.91 Å².